The Kier molecular flexibility index (Phi) is 6.82. The first-order valence-corrected chi connectivity index (χ1v) is 11.2. The minimum absolute atomic E-state index is 0.0180. The van der Waals surface area contributed by atoms with Gasteiger partial charge in [-0.05, 0) is 60.9 Å². The number of ether oxygens (including phenoxy) is 1. The molecule has 0 saturated carbocycles. The lowest BCUT2D eigenvalue weighted by Gasteiger charge is -2.04. The molecule has 0 spiro atoms. The SMILES string of the molecule is COc1ccc(SCCCC(=O)Nc2nc3ccc(SC)cc3s2)cc1. The van der Waals surface area contributed by atoms with Crippen LogP contribution < -0.4 is 10.1 Å². The minimum atomic E-state index is 0.0180. The molecular formula is C19H20N2O2S3. The summed E-state index contributed by atoms with van der Waals surface area (Å²) in [6.07, 6.45) is 3.37. The maximum atomic E-state index is 12.1. The molecule has 3 aromatic rings. The summed E-state index contributed by atoms with van der Waals surface area (Å²) in [6, 6.07) is 14.1. The Balaban J connectivity index is 1.45. The van der Waals surface area contributed by atoms with Crippen LogP contribution in [0.2, 0.25) is 0 Å². The Morgan fingerprint density at radius 3 is 2.69 bits per heavy atom. The van der Waals surface area contributed by atoms with Crippen molar-refractivity contribution in [2.24, 2.45) is 0 Å². The third-order valence-corrected chi connectivity index (χ3v) is 6.48. The molecule has 2 aromatic carbocycles. The van der Waals surface area contributed by atoms with E-state index in [4.69, 9.17) is 4.74 Å². The molecule has 136 valence electrons. The first-order valence-electron chi connectivity index (χ1n) is 8.19. The Bertz CT molecular complexity index is 878. The van der Waals surface area contributed by atoms with E-state index in [0.717, 1.165) is 28.1 Å². The van der Waals surface area contributed by atoms with Crippen molar-refractivity contribution < 1.29 is 9.53 Å². The number of rotatable bonds is 8. The quantitative estimate of drug-likeness (QED) is 0.395. The third kappa shape index (κ3) is 5.16. The van der Waals surface area contributed by atoms with Crippen LogP contribution in [0.25, 0.3) is 10.2 Å². The molecule has 0 saturated heterocycles. The number of carbonyl (C=O) groups is 1. The molecule has 0 atom stereocenters. The number of benzene rings is 2. The van der Waals surface area contributed by atoms with Crippen molar-refractivity contribution in [3.8, 4) is 5.75 Å². The highest BCUT2D eigenvalue weighted by Crippen LogP contribution is 2.29. The van der Waals surface area contributed by atoms with Crippen LogP contribution >= 0.6 is 34.9 Å². The summed E-state index contributed by atoms with van der Waals surface area (Å²) in [5, 5.41) is 3.59. The van der Waals surface area contributed by atoms with Gasteiger partial charge in [0.25, 0.3) is 0 Å². The molecular weight excluding hydrogens is 384 g/mol. The summed E-state index contributed by atoms with van der Waals surface area (Å²) >= 11 is 4.97. The number of aromatic nitrogens is 1. The second-order valence-corrected chi connectivity index (χ2v) is 8.61. The highest BCUT2D eigenvalue weighted by Gasteiger charge is 2.08. The van der Waals surface area contributed by atoms with Crippen molar-refractivity contribution in [3.05, 3.63) is 42.5 Å². The summed E-state index contributed by atoms with van der Waals surface area (Å²) < 4.78 is 6.25. The van der Waals surface area contributed by atoms with Gasteiger partial charge in [-0.1, -0.05) is 11.3 Å². The highest BCUT2D eigenvalue weighted by atomic mass is 32.2. The predicted octanol–water partition coefficient (Wildman–Crippen LogP) is 5.54. The Morgan fingerprint density at radius 2 is 1.96 bits per heavy atom. The van der Waals surface area contributed by atoms with Crippen LogP contribution in [0.3, 0.4) is 0 Å². The highest BCUT2D eigenvalue weighted by molar-refractivity contribution is 7.99. The number of hydrogen-bond donors (Lipinski definition) is 1. The van der Waals surface area contributed by atoms with E-state index in [2.05, 4.69) is 28.7 Å². The topological polar surface area (TPSA) is 51.2 Å². The Hall–Kier alpha value is -1.70. The minimum Gasteiger partial charge on any atom is -0.497 e. The first-order chi connectivity index (χ1) is 12.7. The fraction of sp³-hybridized carbons (Fsp3) is 0.263. The second kappa shape index (κ2) is 9.30. The normalized spacial score (nSPS) is 10.8. The lowest BCUT2D eigenvalue weighted by Crippen LogP contribution is -2.11. The van der Waals surface area contributed by atoms with Crippen molar-refractivity contribution in [1.29, 1.82) is 0 Å². The van der Waals surface area contributed by atoms with Gasteiger partial charge in [-0.15, -0.1) is 23.5 Å². The van der Waals surface area contributed by atoms with Crippen LogP contribution in [0, 0.1) is 0 Å². The first kappa shape index (κ1) is 19.1. The lowest BCUT2D eigenvalue weighted by molar-refractivity contribution is -0.116. The maximum Gasteiger partial charge on any atom is 0.226 e. The molecule has 0 aliphatic carbocycles. The summed E-state index contributed by atoms with van der Waals surface area (Å²) in [5.41, 5.74) is 0.929. The largest absolute Gasteiger partial charge is 0.497 e. The van der Waals surface area contributed by atoms with E-state index in [1.165, 1.54) is 21.1 Å². The molecule has 1 amide bonds. The number of methoxy groups -OCH3 is 1. The Morgan fingerprint density at radius 1 is 1.19 bits per heavy atom. The molecule has 0 bridgehead atoms. The fourth-order valence-corrected chi connectivity index (χ4v) is 4.65. The predicted molar refractivity (Wildman–Crippen MR) is 113 cm³/mol. The van der Waals surface area contributed by atoms with Crippen LogP contribution in [-0.2, 0) is 4.79 Å². The van der Waals surface area contributed by atoms with E-state index in [9.17, 15) is 4.79 Å². The number of amides is 1. The van der Waals surface area contributed by atoms with E-state index in [0.29, 0.717) is 11.6 Å². The molecule has 1 aromatic heterocycles. The number of anilines is 1. The fourth-order valence-electron chi connectivity index (χ4n) is 2.36. The van der Waals surface area contributed by atoms with Gasteiger partial charge in [-0.3, -0.25) is 4.79 Å². The van der Waals surface area contributed by atoms with Crippen molar-refractivity contribution >= 4 is 56.1 Å². The summed E-state index contributed by atoms with van der Waals surface area (Å²) in [4.78, 5) is 19.0. The van der Waals surface area contributed by atoms with Crippen molar-refractivity contribution in [2.75, 3.05) is 24.4 Å². The van der Waals surface area contributed by atoms with Crippen LogP contribution in [-0.4, -0.2) is 30.0 Å². The number of thioether (sulfide) groups is 2. The van der Waals surface area contributed by atoms with E-state index < -0.39 is 0 Å². The number of nitrogens with one attached hydrogen (secondary N) is 1. The smallest absolute Gasteiger partial charge is 0.226 e. The molecule has 4 nitrogen and oxygen atoms in total. The Labute approximate surface area is 165 Å². The summed E-state index contributed by atoms with van der Waals surface area (Å²) in [7, 11) is 1.66. The molecule has 0 aliphatic rings. The molecule has 1 N–H and O–H groups in total. The monoisotopic (exact) mass is 404 g/mol. The van der Waals surface area contributed by atoms with Crippen LogP contribution in [0.4, 0.5) is 5.13 Å². The van der Waals surface area contributed by atoms with Gasteiger partial charge in [0.05, 0.1) is 17.3 Å². The van der Waals surface area contributed by atoms with Gasteiger partial charge >= 0.3 is 0 Å². The summed E-state index contributed by atoms with van der Waals surface area (Å²) in [5.74, 6) is 1.77. The third-order valence-electron chi connectivity index (χ3n) is 3.72. The molecule has 3 rings (SSSR count). The number of hydrogen-bond acceptors (Lipinski definition) is 6. The van der Waals surface area contributed by atoms with E-state index >= 15 is 0 Å². The lowest BCUT2D eigenvalue weighted by atomic mass is 10.3. The zero-order valence-electron chi connectivity index (χ0n) is 14.7. The van der Waals surface area contributed by atoms with Crippen LogP contribution in [0.15, 0.2) is 52.3 Å². The standard InChI is InChI=1S/C19H20N2O2S3/c1-23-13-5-7-14(8-6-13)25-11-3-4-18(22)21-19-20-16-10-9-15(24-2)12-17(16)26-19/h5-10,12H,3-4,11H2,1-2H3,(H,20,21,22). The van der Waals surface area contributed by atoms with Gasteiger partial charge in [-0.25, -0.2) is 4.98 Å². The zero-order valence-corrected chi connectivity index (χ0v) is 17.1. The maximum absolute atomic E-state index is 12.1. The molecule has 7 heteroatoms. The summed E-state index contributed by atoms with van der Waals surface area (Å²) in [6.45, 7) is 0. The van der Waals surface area contributed by atoms with Crippen LogP contribution in [0.1, 0.15) is 12.8 Å². The molecule has 0 fully saturated rings. The van der Waals surface area contributed by atoms with Gasteiger partial charge in [0.15, 0.2) is 5.13 Å². The number of nitrogens with zero attached hydrogens (tertiary/aromatic N) is 1. The van der Waals surface area contributed by atoms with Crippen molar-refractivity contribution in [2.45, 2.75) is 22.6 Å². The number of fused-ring (bicyclic) bond motifs is 1. The zero-order chi connectivity index (χ0) is 18.4. The van der Waals surface area contributed by atoms with Crippen molar-refractivity contribution in [1.82, 2.24) is 4.98 Å². The molecule has 0 radical (unpaired) electrons. The van der Waals surface area contributed by atoms with Gasteiger partial charge in [0.2, 0.25) is 5.91 Å². The number of thiazole rings is 1. The van der Waals surface area contributed by atoms with E-state index in [1.807, 2.05) is 30.3 Å². The van der Waals surface area contributed by atoms with Gasteiger partial charge in [-0.2, -0.15) is 0 Å². The van der Waals surface area contributed by atoms with E-state index in [1.54, 1.807) is 30.6 Å². The van der Waals surface area contributed by atoms with Gasteiger partial charge in [0.1, 0.15) is 5.75 Å². The van der Waals surface area contributed by atoms with E-state index in [-0.39, 0.29) is 5.91 Å². The second-order valence-electron chi connectivity index (χ2n) is 5.53. The average Bonchev–Trinajstić information content (AvgIpc) is 3.06. The molecule has 26 heavy (non-hydrogen) atoms. The molecule has 0 aliphatic heterocycles. The van der Waals surface area contributed by atoms with Crippen molar-refractivity contribution in [3.63, 3.8) is 0 Å². The van der Waals surface area contributed by atoms with Gasteiger partial charge in [0, 0.05) is 16.2 Å². The molecule has 1 heterocycles. The molecule has 0 unspecified atom stereocenters. The van der Waals surface area contributed by atoms with Gasteiger partial charge < -0.3 is 10.1 Å². The number of carbonyl (C=O) groups excluding carboxylic acids is 1. The average molecular weight is 405 g/mol. The van der Waals surface area contributed by atoms with Crippen LogP contribution in [0.5, 0.6) is 5.75 Å².